The van der Waals surface area contributed by atoms with E-state index in [1.165, 1.54) is 11.9 Å². The summed E-state index contributed by atoms with van der Waals surface area (Å²) in [4.78, 5) is 25.0. The molecule has 0 unspecified atom stereocenters. The fourth-order valence-corrected chi connectivity index (χ4v) is 3.73. The Morgan fingerprint density at radius 1 is 1.26 bits per heavy atom. The molecule has 0 bridgehead atoms. The number of carbonyl (C=O) groups is 1. The number of piperidine rings is 1. The first-order chi connectivity index (χ1) is 13.0. The third kappa shape index (κ3) is 5.50. The Bertz CT molecular complexity index is 757. The van der Waals surface area contributed by atoms with Gasteiger partial charge in [0.05, 0.1) is 11.3 Å². The fraction of sp³-hybridized carbons (Fsp3) is 0.476. The molecule has 5 nitrogen and oxygen atoms in total. The highest BCUT2D eigenvalue weighted by atomic mass is 35.5. The van der Waals surface area contributed by atoms with Crippen molar-refractivity contribution in [2.45, 2.75) is 26.2 Å². The highest BCUT2D eigenvalue weighted by Crippen LogP contribution is 2.20. The van der Waals surface area contributed by atoms with Gasteiger partial charge >= 0.3 is 0 Å². The lowest BCUT2D eigenvalue weighted by molar-refractivity contribution is 0.0738. The van der Waals surface area contributed by atoms with Gasteiger partial charge in [0.2, 0.25) is 0 Å². The first-order valence-electron chi connectivity index (χ1n) is 9.52. The zero-order valence-corrected chi connectivity index (χ0v) is 16.8. The number of aryl methyl sites for hydroxylation is 1. The lowest BCUT2D eigenvalue weighted by Gasteiger charge is -2.34. The van der Waals surface area contributed by atoms with Crippen LogP contribution in [0.25, 0.3) is 0 Å². The Balaban J connectivity index is 1.43. The molecule has 0 spiro atoms. The molecule has 6 heteroatoms. The number of hydrogen-bond donors (Lipinski definition) is 0. The Labute approximate surface area is 166 Å². The van der Waals surface area contributed by atoms with Crippen LogP contribution in [0, 0.1) is 12.8 Å². The molecule has 1 aromatic heterocycles. The minimum atomic E-state index is 0.0123. The van der Waals surface area contributed by atoms with Crippen molar-refractivity contribution >= 4 is 17.5 Å². The van der Waals surface area contributed by atoms with Crippen molar-refractivity contribution in [2.24, 2.45) is 5.92 Å². The van der Waals surface area contributed by atoms with Crippen LogP contribution in [0.5, 0.6) is 0 Å². The number of likely N-dealkylation sites (tertiary alicyclic amines) is 1. The molecule has 144 valence electrons. The molecule has 27 heavy (non-hydrogen) atoms. The zero-order valence-electron chi connectivity index (χ0n) is 16.1. The summed E-state index contributed by atoms with van der Waals surface area (Å²) in [6.07, 6.45) is 6.39. The second-order valence-corrected chi connectivity index (χ2v) is 7.81. The molecule has 1 aliphatic rings. The minimum Gasteiger partial charge on any atom is -0.341 e. The van der Waals surface area contributed by atoms with Gasteiger partial charge in [0, 0.05) is 31.4 Å². The maximum atomic E-state index is 12.6. The van der Waals surface area contributed by atoms with Gasteiger partial charge in [-0.05, 0) is 62.9 Å². The van der Waals surface area contributed by atoms with Crippen LogP contribution in [0.15, 0.2) is 36.8 Å². The summed E-state index contributed by atoms with van der Waals surface area (Å²) in [6, 6.07) is 8.11. The lowest BCUT2D eigenvalue weighted by atomic mass is 9.95. The van der Waals surface area contributed by atoms with Crippen LogP contribution in [0.4, 0.5) is 0 Å². The van der Waals surface area contributed by atoms with Gasteiger partial charge < -0.3 is 9.80 Å². The highest BCUT2D eigenvalue weighted by molar-refractivity contribution is 6.30. The Morgan fingerprint density at radius 2 is 1.96 bits per heavy atom. The molecular formula is C21H27ClN4O. The summed E-state index contributed by atoms with van der Waals surface area (Å²) in [6.45, 7) is 5.89. The van der Waals surface area contributed by atoms with E-state index in [-0.39, 0.29) is 5.91 Å². The topological polar surface area (TPSA) is 49.3 Å². The summed E-state index contributed by atoms with van der Waals surface area (Å²) < 4.78 is 0. The SMILES string of the molecule is Cc1ncncc1C(=O)N(C)CC1CCN(CCc2ccc(Cl)cc2)CC1. The number of carbonyl (C=O) groups excluding carboxylic acids is 1. The molecule has 1 saturated heterocycles. The van der Waals surface area contributed by atoms with Crippen LogP contribution in [0.3, 0.4) is 0 Å². The lowest BCUT2D eigenvalue weighted by Crippen LogP contribution is -2.40. The van der Waals surface area contributed by atoms with Gasteiger partial charge in [-0.2, -0.15) is 0 Å². The van der Waals surface area contributed by atoms with Crippen molar-refractivity contribution in [3.63, 3.8) is 0 Å². The van der Waals surface area contributed by atoms with Gasteiger partial charge in [-0.3, -0.25) is 4.79 Å². The van der Waals surface area contributed by atoms with Gasteiger partial charge in [0.25, 0.3) is 5.91 Å². The van der Waals surface area contributed by atoms with E-state index in [4.69, 9.17) is 11.6 Å². The minimum absolute atomic E-state index is 0.0123. The van der Waals surface area contributed by atoms with Gasteiger partial charge in [-0.1, -0.05) is 23.7 Å². The summed E-state index contributed by atoms with van der Waals surface area (Å²) in [7, 11) is 1.88. The van der Waals surface area contributed by atoms with E-state index in [0.717, 1.165) is 56.2 Å². The number of aromatic nitrogens is 2. The van der Waals surface area contributed by atoms with Crippen LogP contribution in [0.2, 0.25) is 5.02 Å². The molecule has 2 aromatic rings. The van der Waals surface area contributed by atoms with E-state index < -0.39 is 0 Å². The third-order valence-corrected chi connectivity index (χ3v) is 5.61. The second-order valence-electron chi connectivity index (χ2n) is 7.37. The highest BCUT2D eigenvalue weighted by Gasteiger charge is 2.23. The smallest absolute Gasteiger partial charge is 0.257 e. The molecule has 2 heterocycles. The van der Waals surface area contributed by atoms with Crippen LogP contribution in [-0.4, -0.2) is 58.9 Å². The molecular weight excluding hydrogens is 360 g/mol. The first-order valence-corrected chi connectivity index (χ1v) is 9.89. The molecule has 0 aliphatic carbocycles. The van der Waals surface area contributed by atoms with Crippen LogP contribution in [-0.2, 0) is 6.42 Å². The molecule has 1 fully saturated rings. The number of rotatable bonds is 6. The van der Waals surface area contributed by atoms with Gasteiger partial charge in [-0.15, -0.1) is 0 Å². The maximum absolute atomic E-state index is 12.6. The standard InChI is InChI=1S/C21H27ClN4O/c1-16-20(13-23-15-24-16)21(27)25(2)14-18-8-11-26(12-9-18)10-7-17-3-5-19(22)6-4-17/h3-6,13,15,18H,7-12,14H2,1-2H3. The number of benzene rings is 1. The van der Waals surface area contributed by atoms with Gasteiger partial charge in [0.1, 0.15) is 6.33 Å². The average Bonchev–Trinajstić information content (AvgIpc) is 2.68. The van der Waals surface area contributed by atoms with Crippen molar-refractivity contribution in [3.8, 4) is 0 Å². The van der Waals surface area contributed by atoms with Gasteiger partial charge in [0.15, 0.2) is 0 Å². The molecule has 0 radical (unpaired) electrons. The van der Waals surface area contributed by atoms with E-state index in [1.54, 1.807) is 6.20 Å². The number of hydrogen-bond acceptors (Lipinski definition) is 4. The van der Waals surface area contributed by atoms with E-state index >= 15 is 0 Å². The zero-order chi connectivity index (χ0) is 19.2. The largest absolute Gasteiger partial charge is 0.341 e. The number of nitrogens with zero attached hydrogens (tertiary/aromatic N) is 4. The Kier molecular flexibility index (Phi) is 6.80. The van der Waals surface area contributed by atoms with Gasteiger partial charge in [-0.25, -0.2) is 9.97 Å². The van der Waals surface area contributed by atoms with Crippen LogP contribution in [0.1, 0.15) is 34.5 Å². The third-order valence-electron chi connectivity index (χ3n) is 5.36. The maximum Gasteiger partial charge on any atom is 0.257 e. The summed E-state index contributed by atoms with van der Waals surface area (Å²) >= 11 is 5.94. The monoisotopic (exact) mass is 386 g/mol. The van der Waals surface area contributed by atoms with Crippen molar-refractivity contribution in [1.82, 2.24) is 19.8 Å². The molecule has 0 saturated carbocycles. The molecule has 3 rings (SSSR count). The van der Waals surface area contributed by atoms with E-state index in [1.807, 2.05) is 31.0 Å². The predicted molar refractivity (Wildman–Crippen MR) is 108 cm³/mol. The predicted octanol–water partition coefficient (Wildman–Crippen LogP) is 3.47. The van der Waals surface area contributed by atoms with Crippen molar-refractivity contribution in [3.05, 3.63) is 58.6 Å². The van der Waals surface area contributed by atoms with Crippen LogP contribution < -0.4 is 0 Å². The number of halogens is 1. The fourth-order valence-electron chi connectivity index (χ4n) is 3.61. The summed E-state index contributed by atoms with van der Waals surface area (Å²) in [5, 5.41) is 0.787. The normalized spacial score (nSPS) is 15.7. The van der Waals surface area contributed by atoms with E-state index in [2.05, 4.69) is 27.0 Å². The molecule has 1 aliphatic heterocycles. The Hall–Kier alpha value is -1.98. The Morgan fingerprint density at radius 3 is 2.63 bits per heavy atom. The number of amides is 1. The first kappa shape index (κ1) is 19.8. The van der Waals surface area contributed by atoms with Crippen molar-refractivity contribution in [1.29, 1.82) is 0 Å². The van der Waals surface area contributed by atoms with Crippen LogP contribution >= 0.6 is 11.6 Å². The summed E-state index contributed by atoms with van der Waals surface area (Å²) in [5.41, 5.74) is 2.66. The van der Waals surface area contributed by atoms with E-state index in [0.29, 0.717) is 11.5 Å². The quantitative estimate of drug-likeness (QED) is 0.762. The van der Waals surface area contributed by atoms with Crippen molar-refractivity contribution in [2.75, 3.05) is 33.2 Å². The van der Waals surface area contributed by atoms with E-state index in [9.17, 15) is 4.79 Å². The summed E-state index contributed by atoms with van der Waals surface area (Å²) in [5.74, 6) is 0.564. The molecule has 0 N–H and O–H groups in total. The molecule has 0 atom stereocenters. The molecule has 1 amide bonds. The molecule has 1 aromatic carbocycles. The van der Waals surface area contributed by atoms with Crippen molar-refractivity contribution < 1.29 is 4.79 Å². The second kappa shape index (κ2) is 9.29. The average molecular weight is 387 g/mol.